The summed E-state index contributed by atoms with van der Waals surface area (Å²) < 4.78 is 4.81. The summed E-state index contributed by atoms with van der Waals surface area (Å²) in [5.41, 5.74) is 2.03. The molecule has 0 aromatic heterocycles. The molecule has 2 rings (SSSR count). The molecule has 0 bridgehead atoms. The van der Waals surface area contributed by atoms with E-state index < -0.39 is 11.9 Å². The van der Waals surface area contributed by atoms with Gasteiger partial charge in [0, 0.05) is 6.42 Å². The van der Waals surface area contributed by atoms with Crippen molar-refractivity contribution < 1.29 is 14.3 Å². The van der Waals surface area contributed by atoms with E-state index in [1.54, 1.807) is 0 Å². The van der Waals surface area contributed by atoms with Crippen LogP contribution in [-0.4, -0.2) is 11.9 Å². The van der Waals surface area contributed by atoms with Crippen LogP contribution in [0.15, 0.2) is 60.7 Å². The largest absolute Gasteiger partial charge is 0.393 e. The first kappa shape index (κ1) is 15.0. The lowest BCUT2D eigenvalue weighted by atomic mass is 10.1. The molecule has 0 unspecified atom stereocenters. The van der Waals surface area contributed by atoms with Gasteiger partial charge in [-0.1, -0.05) is 60.7 Å². The summed E-state index contributed by atoms with van der Waals surface area (Å²) in [4.78, 5) is 23.2. The third kappa shape index (κ3) is 5.61. The Balaban J connectivity index is 1.68. The van der Waals surface area contributed by atoms with Crippen LogP contribution in [0, 0.1) is 0 Å². The molecule has 0 radical (unpaired) electrons. The Morgan fingerprint density at radius 3 is 1.95 bits per heavy atom. The summed E-state index contributed by atoms with van der Waals surface area (Å²) in [5.74, 6) is -0.947. The molecule has 0 aliphatic carbocycles. The number of carbonyl (C=O) groups is 2. The van der Waals surface area contributed by atoms with Crippen molar-refractivity contribution in [1.29, 1.82) is 0 Å². The van der Waals surface area contributed by atoms with Gasteiger partial charge >= 0.3 is 11.9 Å². The predicted octanol–water partition coefficient (Wildman–Crippen LogP) is 3.32. The Labute approximate surface area is 124 Å². The van der Waals surface area contributed by atoms with Gasteiger partial charge in [-0.25, -0.2) is 0 Å². The Hall–Kier alpha value is -2.42. The van der Waals surface area contributed by atoms with E-state index in [0.29, 0.717) is 6.42 Å². The standard InChI is InChI=1S/C18H18O3/c19-17(13-7-12-15-8-3-1-4-9-15)21-18(20)14-16-10-5-2-6-11-16/h1-6,8-11H,7,12-14H2. The summed E-state index contributed by atoms with van der Waals surface area (Å²) >= 11 is 0. The van der Waals surface area contributed by atoms with Crippen molar-refractivity contribution in [1.82, 2.24) is 0 Å². The molecule has 0 aliphatic rings. The summed E-state index contributed by atoms with van der Waals surface area (Å²) in [6.45, 7) is 0. The molecule has 21 heavy (non-hydrogen) atoms. The van der Waals surface area contributed by atoms with Crippen LogP contribution < -0.4 is 0 Å². The van der Waals surface area contributed by atoms with E-state index >= 15 is 0 Å². The molecule has 0 N–H and O–H groups in total. The molecule has 0 spiro atoms. The van der Waals surface area contributed by atoms with Crippen molar-refractivity contribution >= 4 is 11.9 Å². The van der Waals surface area contributed by atoms with E-state index in [2.05, 4.69) is 0 Å². The van der Waals surface area contributed by atoms with Gasteiger partial charge in [-0.15, -0.1) is 0 Å². The third-order valence-corrected chi connectivity index (χ3v) is 3.11. The highest BCUT2D eigenvalue weighted by Crippen LogP contribution is 2.06. The first-order valence-corrected chi connectivity index (χ1v) is 7.05. The fourth-order valence-electron chi connectivity index (χ4n) is 2.06. The number of hydrogen-bond acceptors (Lipinski definition) is 3. The lowest BCUT2D eigenvalue weighted by Crippen LogP contribution is -2.14. The number of benzene rings is 2. The highest BCUT2D eigenvalue weighted by molar-refractivity contribution is 5.86. The first-order chi connectivity index (χ1) is 10.2. The molecule has 0 heterocycles. The van der Waals surface area contributed by atoms with Crippen LogP contribution in [-0.2, 0) is 27.2 Å². The molecule has 3 heteroatoms. The molecular formula is C18H18O3. The second-order valence-corrected chi connectivity index (χ2v) is 4.85. The lowest BCUT2D eigenvalue weighted by Gasteiger charge is -2.04. The number of carbonyl (C=O) groups excluding carboxylic acids is 2. The van der Waals surface area contributed by atoms with Crippen LogP contribution in [0.25, 0.3) is 0 Å². The number of aryl methyl sites for hydroxylation is 1. The molecule has 3 nitrogen and oxygen atoms in total. The van der Waals surface area contributed by atoms with Gasteiger partial charge in [0.25, 0.3) is 0 Å². The van der Waals surface area contributed by atoms with Crippen LogP contribution >= 0.6 is 0 Å². The van der Waals surface area contributed by atoms with Crippen molar-refractivity contribution in [3.63, 3.8) is 0 Å². The SMILES string of the molecule is O=C(CCCc1ccccc1)OC(=O)Cc1ccccc1. The van der Waals surface area contributed by atoms with E-state index in [1.807, 2.05) is 60.7 Å². The molecule has 2 aromatic carbocycles. The number of rotatable bonds is 6. The van der Waals surface area contributed by atoms with Gasteiger partial charge in [-0.05, 0) is 24.0 Å². The Morgan fingerprint density at radius 1 is 0.762 bits per heavy atom. The Morgan fingerprint density at radius 2 is 1.33 bits per heavy atom. The summed E-state index contributed by atoms with van der Waals surface area (Å²) in [7, 11) is 0. The second-order valence-electron chi connectivity index (χ2n) is 4.85. The molecule has 0 aliphatic heterocycles. The van der Waals surface area contributed by atoms with Crippen LogP contribution in [0.4, 0.5) is 0 Å². The fraction of sp³-hybridized carbons (Fsp3) is 0.222. The molecule has 0 amide bonds. The van der Waals surface area contributed by atoms with E-state index in [1.165, 1.54) is 5.56 Å². The Kier molecular flexibility index (Phi) is 5.71. The minimum absolute atomic E-state index is 0.130. The topological polar surface area (TPSA) is 43.4 Å². The zero-order valence-corrected chi connectivity index (χ0v) is 11.8. The Bertz CT molecular complexity index is 576. The van der Waals surface area contributed by atoms with E-state index in [0.717, 1.165) is 12.0 Å². The predicted molar refractivity (Wildman–Crippen MR) is 80.6 cm³/mol. The molecule has 2 aromatic rings. The van der Waals surface area contributed by atoms with Crippen molar-refractivity contribution in [3.05, 3.63) is 71.8 Å². The zero-order valence-electron chi connectivity index (χ0n) is 11.8. The number of hydrogen-bond donors (Lipinski definition) is 0. The fourth-order valence-corrected chi connectivity index (χ4v) is 2.06. The van der Waals surface area contributed by atoms with E-state index in [9.17, 15) is 9.59 Å². The molecule has 0 saturated heterocycles. The highest BCUT2D eigenvalue weighted by atomic mass is 16.6. The second kappa shape index (κ2) is 8.00. The van der Waals surface area contributed by atoms with Gasteiger partial charge in [0.2, 0.25) is 0 Å². The van der Waals surface area contributed by atoms with Crippen LogP contribution in [0.2, 0.25) is 0 Å². The van der Waals surface area contributed by atoms with Gasteiger partial charge in [0.1, 0.15) is 0 Å². The monoisotopic (exact) mass is 282 g/mol. The smallest absolute Gasteiger partial charge is 0.317 e. The maximum atomic E-state index is 11.6. The van der Waals surface area contributed by atoms with Crippen LogP contribution in [0.5, 0.6) is 0 Å². The molecule has 0 saturated carbocycles. The number of esters is 2. The van der Waals surface area contributed by atoms with Gasteiger partial charge in [-0.3, -0.25) is 9.59 Å². The van der Waals surface area contributed by atoms with Crippen LogP contribution in [0.3, 0.4) is 0 Å². The minimum atomic E-state index is -0.495. The van der Waals surface area contributed by atoms with Crippen molar-refractivity contribution in [2.24, 2.45) is 0 Å². The van der Waals surface area contributed by atoms with Gasteiger partial charge in [0.15, 0.2) is 0 Å². The summed E-state index contributed by atoms with van der Waals surface area (Å²) in [6.07, 6.45) is 1.88. The zero-order chi connectivity index (χ0) is 14.9. The van der Waals surface area contributed by atoms with Crippen molar-refractivity contribution in [3.8, 4) is 0 Å². The molecular weight excluding hydrogens is 264 g/mol. The summed E-state index contributed by atoms with van der Waals surface area (Å²) in [6, 6.07) is 19.2. The quantitative estimate of drug-likeness (QED) is 0.603. The lowest BCUT2D eigenvalue weighted by molar-refractivity contribution is -0.159. The first-order valence-electron chi connectivity index (χ1n) is 7.05. The van der Waals surface area contributed by atoms with E-state index in [-0.39, 0.29) is 12.8 Å². The maximum absolute atomic E-state index is 11.6. The van der Waals surface area contributed by atoms with Gasteiger partial charge in [-0.2, -0.15) is 0 Å². The normalized spacial score (nSPS) is 10.1. The minimum Gasteiger partial charge on any atom is -0.393 e. The van der Waals surface area contributed by atoms with Crippen LogP contribution in [0.1, 0.15) is 24.0 Å². The average molecular weight is 282 g/mol. The third-order valence-electron chi connectivity index (χ3n) is 3.11. The molecule has 0 fully saturated rings. The summed E-state index contributed by atoms with van der Waals surface area (Å²) in [5, 5.41) is 0. The molecule has 0 atom stereocenters. The van der Waals surface area contributed by atoms with Gasteiger partial charge < -0.3 is 4.74 Å². The number of ether oxygens (including phenoxy) is 1. The van der Waals surface area contributed by atoms with Crippen molar-refractivity contribution in [2.75, 3.05) is 0 Å². The highest BCUT2D eigenvalue weighted by Gasteiger charge is 2.10. The van der Waals surface area contributed by atoms with Crippen molar-refractivity contribution in [2.45, 2.75) is 25.7 Å². The van der Waals surface area contributed by atoms with E-state index in [4.69, 9.17) is 4.74 Å². The average Bonchev–Trinajstić information content (AvgIpc) is 2.49. The maximum Gasteiger partial charge on any atom is 0.317 e. The molecule has 108 valence electrons. The van der Waals surface area contributed by atoms with Gasteiger partial charge in [0.05, 0.1) is 6.42 Å².